The summed E-state index contributed by atoms with van der Waals surface area (Å²) >= 11 is 19.4. The summed E-state index contributed by atoms with van der Waals surface area (Å²) in [7, 11) is 3.03. The smallest absolute Gasteiger partial charge is 0.270 e. The van der Waals surface area contributed by atoms with Crippen molar-refractivity contribution in [3.63, 3.8) is 0 Å². The Bertz CT molecular complexity index is 1070. The normalized spacial score (nSPS) is 15.6. The maximum atomic E-state index is 13.1. The number of rotatable bonds is 4. The van der Waals surface area contributed by atoms with Crippen LogP contribution in [0.4, 0.5) is 5.69 Å². The molecular formula is C19H13Cl2IN2O4S. The summed E-state index contributed by atoms with van der Waals surface area (Å²) in [5.41, 5.74) is 0.824. The second-order valence-electron chi connectivity index (χ2n) is 5.78. The lowest BCUT2D eigenvalue weighted by atomic mass is 10.1. The molecule has 0 unspecified atom stereocenters. The third-order valence-corrected chi connectivity index (χ3v) is 5.81. The predicted octanol–water partition coefficient (Wildman–Crippen LogP) is 4.45. The van der Waals surface area contributed by atoms with Crippen molar-refractivity contribution in [3.05, 3.63) is 55.1 Å². The zero-order valence-corrected chi connectivity index (χ0v) is 19.6. The molecule has 1 aliphatic heterocycles. The van der Waals surface area contributed by atoms with Crippen molar-refractivity contribution in [2.24, 2.45) is 0 Å². The molecule has 2 aromatic rings. The van der Waals surface area contributed by atoms with Gasteiger partial charge in [-0.3, -0.25) is 19.8 Å². The van der Waals surface area contributed by atoms with Crippen molar-refractivity contribution in [2.75, 3.05) is 19.1 Å². The lowest BCUT2D eigenvalue weighted by Gasteiger charge is -2.29. The molecule has 0 bridgehead atoms. The highest BCUT2D eigenvalue weighted by Crippen LogP contribution is 2.34. The van der Waals surface area contributed by atoms with Crippen LogP contribution in [0.25, 0.3) is 6.08 Å². The molecule has 0 aromatic heterocycles. The highest BCUT2D eigenvalue weighted by molar-refractivity contribution is 14.1. The summed E-state index contributed by atoms with van der Waals surface area (Å²) in [6.45, 7) is 0. The van der Waals surface area contributed by atoms with Gasteiger partial charge in [-0.15, -0.1) is 0 Å². The Kier molecular flexibility index (Phi) is 6.67. The van der Waals surface area contributed by atoms with Gasteiger partial charge in [0, 0.05) is 8.59 Å². The van der Waals surface area contributed by atoms with Gasteiger partial charge in [-0.25, -0.2) is 0 Å². The number of benzene rings is 2. The first-order chi connectivity index (χ1) is 13.8. The van der Waals surface area contributed by atoms with Gasteiger partial charge in [0.1, 0.15) is 5.57 Å². The fourth-order valence-corrected chi connectivity index (χ4v) is 4.04. The molecule has 0 atom stereocenters. The average molecular weight is 563 g/mol. The van der Waals surface area contributed by atoms with Gasteiger partial charge in [0.05, 0.1) is 24.9 Å². The number of anilines is 1. The maximum absolute atomic E-state index is 13.1. The predicted molar refractivity (Wildman–Crippen MR) is 125 cm³/mol. The SMILES string of the molecule is COc1cc(I)c(/C=C2\C(=O)NC(=S)N(c3ccc(Cl)cc3Cl)C2=O)cc1OC. The van der Waals surface area contributed by atoms with E-state index in [0.717, 1.165) is 8.47 Å². The van der Waals surface area contributed by atoms with E-state index in [-0.39, 0.29) is 15.7 Å². The number of hydrogen-bond donors (Lipinski definition) is 1. The molecule has 1 N–H and O–H groups in total. The summed E-state index contributed by atoms with van der Waals surface area (Å²) in [6.07, 6.45) is 1.47. The third-order valence-electron chi connectivity index (χ3n) is 4.06. The Labute approximate surface area is 195 Å². The van der Waals surface area contributed by atoms with Gasteiger partial charge in [0.2, 0.25) is 0 Å². The zero-order valence-electron chi connectivity index (χ0n) is 15.1. The van der Waals surface area contributed by atoms with E-state index in [0.29, 0.717) is 27.8 Å². The fraction of sp³-hybridized carbons (Fsp3) is 0.105. The van der Waals surface area contributed by atoms with Crippen molar-refractivity contribution in [1.29, 1.82) is 0 Å². The molecule has 0 saturated carbocycles. The van der Waals surface area contributed by atoms with Gasteiger partial charge >= 0.3 is 0 Å². The summed E-state index contributed by atoms with van der Waals surface area (Å²) < 4.78 is 11.3. The van der Waals surface area contributed by atoms with Crippen molar-refractivity contribution in [1.82, 2.24) is 5.32 Å². The quantitative estimate of drug-likeness (QED) is 0.258. The number of nitrogens with one attached hydrogen (secondary N) is 1. The van der Waals surface area contributed by atoms with E-state index in [1.807, 2.05) is 0 Å². The Morgan fingerprint density at radius 1 is 1.10 bits per heavy atom. The topological polar surface area (TPSA) is 67.9 Å². The minimum atomic E-state index is -0.605. The van der Waals surface area contributed by atoms with Crippen LogP contribution >= 0.6 is 58.0 Å². The molecule has 2 amide bonds. The van der Waals surface area contributed by atoms with E-state index < -0.39 is 11.8 Å². The number of nitrogens with zero attached hydrogens (tertiary/aromatic N) is 1. The van der Waals surface area contributed by atoms with Gasteiger partial charge in [0.15, 0.2) is 16.6 Å². The molecule has 1 aliphatic rings. The number of amides is 2. The van der Waals surface area contributed by atoms with E-state index in [1.54, 1.807) is 24.3 Å². The van der Waals surface area contributed by atoms with Gasteiger partial charge in [-0.05, 0) is 76.8 Å². The van der Waals surface area contributed by atoms with Crippen LogP contribution in [0.3, 0.4) is 0 Å². The molecule has 10 heteroatoms. The second-order valence-corrected chi connectivity index (χ2v) is 8.17. The number of ether oxygens (including phenoxy) is 2. The van der Waals surface area contributed by atoms with Gasteiger partial charge in [0.25, 0.3) is 11.8 Å². The summed E-state index contributed by atoms with van der Waals surface area (Å²) in [5, 5.41) is 3.09. The molecular weight excluding hydrogens is 550 g/mol. The minimum absolute atomic E-state index is 0.0663. The van der Waals surface area contributed by atoms with E-state index in [9.17, 15) is 9.59 Å². The first-order valence-electron chi connectivity index (χ1n) is 8.04. The van der Waals surface area contributed by atoms with E-state index in [1.165, 1.54) is 26.4 Å². The summed E-state index contributed by atoms with van der Waals surface area (Å²) in [6, 6.07) is 8.06. The molecule has 150 valence electrons. The standard InChI is InChI=1S/C19H13Cl2IN2O4S/c1-27-15-6-9(13(22)8-16(15)28-2)5-11-17(25)23-19(29)24(18(11)26)14-4-3-10(20)7-12(14)21/h3-8H,1-2H3,(H,23,25,29)/b11-5+. The lowest BCUT2D eigenvalue weighted by Crippen LogP contribution is -2.54. The molecule has 6 nitrogen and oxygen atoms in total. The Morgan fingerprint density at radius 3 is 2.38 bits per heavy atom. The maximum Gasteiger partial charge on any atom is 0.270 e. The lowest BCUT2D eigenvalue weighted by molar-refractivity contribution is -0.122. The molecule has 1 heterocycles. The molecule has 2 aromatic carbocycles. The first kappa shape index (κ1) is 21.8. The number of carbonyl (C=O) groups is 2. The molecule has 0 aliphatic carbocycles. The highest BCUT2D eigenvalue weighted by atomic mass is 127. The number of halogens is 3. The number of methoxy groups -OCH3 is 2. The Morgan fingerprint density at radius 2 is 1.76 bits per heavy atom. The highest BCUT2D eigenvalue weighted by Gasteiger charge is 2.35. The first-order valence-corrected chi connectivity index (χ1v) is 10.3. The van der Waals surface area contributed by atoms with Crippen molar-refractivity contribution in [3.8, 4) is 11.5 Å². The number of thiocarbonyl (C=S) groups is 1. The van der Waals surface area contributed by atoms with E-state index in [4.69, 9.17) is 44.9 Å². The zero-order chi connectivity index (χ0) is 21.3. The van der Waals surface area contributed by atoms with Crippen LogP contribution in [0.1, 0.15) is 5.56 Å². The monoisotopic (exact) mass is 562 g/mol. The summed E-state index contributed by atoms with van der Waals surface area (Å²) in [4.78, 5) is 26.8. The largest absolute Gasteiger partial charge is 0.493 e. The molecule has 29 heavy (non-hydrogen) atoms. The van der Waals surface area contributed by atoms with Crippen molar-refractivity contribution < 1.29 is 19.1 Å². The molecule has 1 fully saturated rings. The average Bonchev–Trinajstić information content (AvgIpc) is 2.67. The third kappa shape index (κ3) is 4.35. The van der Waals surface area contributed by atoms with Crippen LogP contribution in [0.2, 0.25) is 10.0 Å². The Hall–Kier alpha value is -1.88. The van der Waals surface area contributed by atoms with Crippen LogP contribution in [0.15, 0.2) is 35.9 Å². The van der Waals surface area contributed by atoms with Crippen LogP contribution in [-0.2, 0) is 9.59 Å². The van der Waals surface area contributed by atoms with Crippen LogP contribution < -0.4 is 19.7 Å². The van der Waals surface area contributed by atoms with Crippen molar-refractivity contribution >= 4 is 86.7 Å². The molecule has 3 rings (SSSR count). The van der Waals surface area contributed by atoms with E-state index >= 15 is 0 Å². The van der Waals surface area contributed by atoms with Gasteiger partial charge in [-0.2, -0.15) is 0 Å². The Balaban J connectivity index is 2.08. The van der Waals surface area contributed by atoms with Crippen LogP contribution in [0, 0.1) is 3.57 Å². The van der Waals surface area contributed by atoms with E-state index in [2.05, 4.69) is 27.9 Å². The molecule has 0 radical (unpaired) electrons. The fourth-order valence-electron chi connectivity index (χ4n) is 2.67. The second kappa shape index (κ2) is 8.86. The summed E-state index contributed by atoms with van der Waals surface area (Å²) in [5.74, 6) is -0.203. The molecule has 0 spiro atoms. The number of carbonyl (C=O) groups excluding carboxylic acids is 2. The number of hydrogen-bond acceptors (Lipinski definition) is 5. The molecule has 1 saturated heterocycles. The van der Waals surface area contributed by atoms with Crippen LogP contribution in [0.5, 0.6) is 11.5 Å². The van der Waals surface area contributed by atoms with Gasteiger partial charge in [-0.1, -0.05) is 23.2 Å². The van der Waals surface area contributed by atoms with Crippen LogP contribution in [-0.4, -0.2) is 31.1 Å². The minimum Gasteiger partial charge on any atom is -0.493 e. The van der Waals surface area contributed by atoms with Gasteiger partial charge < -0.3 is 9.47 Å². The van der Waals surface area contributed by atoms with Crippen molar-refractivity contribution in [2.45, 2.75) is 0 Å².